The summed E-state index contributed by atoms with van der Waals surface area (Å²) in [5.41, 5.74) is 16.0. The van der Waals surface area contributed by atoms with Crippen LogP contribution in [0.2, 0.25) is 0 Å². The standard InChI is InChI=1S/C102H59F6N9/c103-101(104,105)78-57-84-98(115-96(65-30-12-4-13-31-65)94(111-84)63-26-8-2-9-27-63)88-75-39-16-19-41-80(75)109-92(90(78)88)71-36-22-34-68(54-71)61-48-51-73(52-49-61)117-86-43-21-18-38-74(86)77-56-69(50-53-87(77)117)60-44-46-66(47-45-60)97-95(64-28-10-3-11-29-64)112-85-58-79(102(106,107)108)91-89(99(85)116-97)76-40-17-20-42-81(76)110-93(91)72-37-23-35-70(55-72)83-59-82(62-24-6-1-7-25-62)113-100(114-83)67-32-14-5-15-33-67/h1-59H. The Hall–Kier alpha value is -15.2. The van der Waals surface area contributed by atoms with Crippen molar-refractivity contribution in [2.45, 2.75) is 12.4 Å². The van der Waals surface area contributed by atoms with Gasteiger partial charge in [-0.1, -0.05) is 285 Å². The second kappa shape index (κ2) is 27.9. The normalized spacial score (nSPS) is 12.0. The predicted octanol–water partition coefficient (Wildman–Crippen LogP) is 27.2. The first-order valence-corrected chi connectivity index (χ1v) is 38.2. The van der Waals surface area contributed by atoms with Crippen LogP contribution in [-0.4, -0.2) is 44.4 Å². The smallest absolute Gasteiger partial charge is 0.309 e. The van der Waals surface area contributed by atoms with Gasteiger partial charge in [-0.05, 0) is 95.1 Å². The molecule has 0 atom stereocenters. The minimum absolute atomic E-state index is 0.0643. The van der Waals surface area contributed by atoms with Crippen molar-refractivity contribution < 1.29 is 26.3 Å². The molecule has 21 aromatic rings. The van der Waals surface area contributed by atoms with E-state index in [1.807, 2.05) is 279 Å². The van der Waals surface area contributed by atoms with E-state index in [4.69, 9.17) is 39.9 Å². The molecule has 6 aromatic heterocycles. The van der Waals surface area contributed by atoms with Crippen molar-refractivity contribution >= 4 is 87.2 Å². The van der Waals surface area contributed by atoms with Crippen molar-refractivity contribution in [1.82, 2.24) is 44.4 Å². The van der Waals surface area contributed by atoms with Crippen molar-refractivity contribution in [2.24, 2.45) is 0 Å². The van der Waals surface area contributed by atoms with Crippen molar-refractivity contribution in [3.63, 3.8) is 0 Å². The van der Waals surface area contributed by atoms with Crippen molar-refractivity contribution in [3.05, 3.63) is 369 Å². The third-order valence-electron chi connectivity index (χ3n) is 22.0. The molecule has 0 saturated carbocycles. The molecule has 117 heavy (non-hydrogen) atoms. The molecule has 0 aliphatic rings. The zero-order chi connectivity index (χ0) is 78.6. The lowest BCUT2D eigenvalue weighted by atomic mass is 9.92. The molecule has 6 heterocycles. The van der Waals surface area contributed by atoms with Crippen LogP contribution in [0.5, 0.6) is 0 Å². The molecule has 0 aliphatic carbocycles. The quantitative estimate of drug-likeness (QED) is 0.0879. The zero-order valence-electron chi connectivity index (χ0n) is 61.9. The Balaban J connectivity index is 0.646. The molecule has 0 fully saturated rings. The van der Waals surface area contributed by atoms with Gasteiger partial charge in [0.2, 0.25) is 0 Å². The third kappa shape index (κ3) is 12.3. The van der Waals surface area contributed by atoms with Gasteiger partial charge in [0.15, 0.2) is 5.82 Å². The number of fused-ring (bicyclic) bond motifs is 13. The van der Waals surface area contributed by atoms with Gasteiger partial charge in [0, 0.05) is 98.8 Å². The average molecular weight is 1520 g/mol. The van der Waals surface area contributed by atoms with Gasteiger partial charge in [-0.2, -0.15) is 26.3 Å². The largest absolute Gasteiger partial charge is 0.417 e. The van der Waals surface area contributed by atoms with E-state index < -0.39 is 23.5 Å². The van der Waals surface area contributed by atoms with E-state index in [9.17, 15) is 0 Å². The average Bonchev–Trinajstić information content (AvgIpc) is 1.54. The minimum Gasteiger partial charge on any atom is -0.309 e. The van der Waals surface area contributed by atoms with Gasteiger partial charge < -0.3 is 4.57 Å². The summed E-state index contributed by atoms with van der Waals surface area (Å²) in [5, 5.41) is 3.46. The van der Waals surface area contributed by atoms with Crippen LogP contribution < -0.4 is 0 Å². The molecule has 0 bridgehead atoms. The topological polar surface area (TPSA) is 108 Å². The summed E-state index contributed by atoms with van der Waals surface area (Å²) in [7, 11) is 0. The predicted molar refractivity (Wildman–Crippen MR) is 458 cm³/mol. The van der Waals surface area contributed by atoms with Crippen LogP contribution in [0.4, 0.5) is 26.3 Å². The maximum Gasteiger partial charge on any atom is 0.417 e. The number of aromatic nitrogens is 9. The van der Waals surface area contributed by atoms with Gasteiger partial charge in [0.1, 0.15) is 0 Å². The van der Waals surface area contributed by atoms with E-state index >= 15 is 26.3 Å². The van der Waals surface area contributed by atoms with Crippen LogP contribution in [-0.2, 0) is 12.4 Å². The molecule has 0 N–H and O–H groups in total. The maximum absolute atomic E-state index is 16.3. The van der Waals surface area contributed by atoms with Crippen LogP contribution in [0, 0.1) is 0 Å². The van der Waals surface area contributed by atoms with Gasteiger partial charge >= 0.3 is 12.4 Å². The molecule has 9 nitrogen and oxygen atoms in total. The highest BCUT2D eigenvalue weighted by Gasteiger charge is 2.38. The van der Waals surface area contributed by atoms with Gasteiger partial charge in [0.05, 0.1) is 101 Å². The number of rotatable bonds is 12. The first-order valence-electron chi connectivity index (χ1n) is 38.2. The van der Waals surface area contributed by atoms with Crippen LogP contribution >= 0.6 is 0 Å². The number of para-hydroxylation sites is 3. The molecule has 15 aromatic carbocycles. The van der Waals surface area contributed by atoms with Crippen molar-refractivity contribution in [3.8, 4) is 129 Å². The molecule has 0 spiro atoms. The van der Waals surface area contributed by atoms with Crippen LogP contribution in [0.1, 0.15) is 11.1 Å². The van der Waals surface area contributed by atoms with E-state index in [1.165, 1.54) is 0 Å². The lowest BCUT2D eigenvalue weighted by Crippen LogP contribution is -2.09. The van der Waals surface area contributed by atoms with Crippen LogP contribution in [0.15, 0.2) is 358 Å². The zero-order valence-corrected chi connectivity index (χ0v) is 61.9. The molecular weight excluding hydrogens is 1470 g/mol. The molecular formula is C102H59F6N9. The van der Waals surface area contributed by atoms with Gasteiger partial charge in [-0.25, -0.2) is 39.9 Å². The lowest BCUT2D eigenvalue weighted by Gasteiger charge is -2.19. The fourth-order valence-electron chi connectivity index (χ4n) is 16.6. The highest BCUT2D eigenvalue weighted by atomic mass is 19.4. The Morgan fingerprint density at radius 3 is 1.06 bits per heavy atom. The fourth-order valence-corrected chi connectivity index (χ4v) is 16.6. The summed E-state index contributed by atoms with van der Waals surface area (Å²) >= 11 is 0. The van der Waals surface area contributed by atoms with E-state index in [0.29, 0.717) is 101 Å². The summed E-state index contributed by atoms with van der Waals surface area (Å²) < 4.78 is 99.0. The lowest BCUT2D eigenvalue weighted by molar-refractivity contribution is -0.137. The van der Waals surface area contributed by atoms with Crippen molar-refractivity contribution in [1.29, 1.82) is 0 Å². The Labute approximate surface area is 664 Å². The maximum atomic E-state index is 16.3. The monoisotopic (exact) mass is 1520 g/mol. The summed E-state index contributed by atoms with van der Waals surface area (Å²) in [6, 6.07) is 112. The van der Waals surface area contributed by atoms with Crippen LogP contribution in [0.3, 0.4) is 0 Å². The van der Waals surface area contributed by atoms with Gasteiger partial charge in [-0.15, -0.1) is 0 Å². The number of hydrogen-bond donors (Lipinski definition) is 0. The molecule has 0 unspecified atom stereocenters. The third-order valence-corrected chi connectivity index (χ3v) is 22.0. The second-order valence-electron chi connectivity index (χ2n) is 29.0. The molecule has 21 rings (SSSR count). The van der Waals surface area contributed by atoms with E-state index in [0.717, 1.165) is 84.1 Å². The SMILES string of the molecule is FC(F)(F)c1cc2nc(-c3ccccc3)c(-c3ccccc3)nc2c2c1c(-c1cccc(-c3ccc(-n4c5ccccc5c5cc(-c6ccc(-c7nc8c(cc(C(F)(F)F)c9c(-c%10cccc(-c%11cc(-c%12ccccc%12)nc(-c%12ccccc%12)n%11)c%10)nc%10ccccc%10c98)nc7-c7ccccc7)cc6)ccc54)cc3)c1)nc1ccccc12. The van der Waals surface area contributed by atoms with Crippen LogP contribution in [0.25, 0.3) is 217 Å². The molecule has 554 valence electrons. The summed E-state index contributed by atoms with van der Waals surface area (Å²) in [6.45, 7) is 0. The number of halogens is 6. The van der Waals surface area contributed by atoms with E-state index in [-0.39, 0.29) is 44.1 Å². The summed E-state index contributed by atoms with van der Waals surface area (Å²) in [4.78, 5) is 41.3. The summed E-state index contributed by atoms with van der Waals surface area (Å²) in [5.74, 6) is 0.498. The summed E-state index contributed by atoms with van der Waals surface area (Å²) in [6.07, 6.45) is -9.66. The number of hydrogen-bond acceptors (Lipinski definition) is 8. The van der Waals surface area contributed by atoms with Gasteiger partial charge in [-0.3, -0.25) is 0 Å². The number of nitrogens with zero attached hydrogens (tertiary/aromatic N) is 9. The highest BCUT2D eigenvalue weighted by Crippen LogP contribution is 2.50. The second-order valence-corrected chi connectivity index (χ2v) is 29.0. The number of pyridine rings is 2. The molecule has 0 aliphatic heterocycles. The Morgan fingerprint density at radius 2 is 0.556 bits per heavy atom. The fraction of sp³-hybridized carbons (Fsp3) is 0.0196. The minimum atomic E-state index is -4.86. The Morgan fingerprint density at radius 1 is 0.205 bits per heavy atom. The van der Waals surface area contributed by atoms with Gasteiger partial charge in [0.25, 0.3) is 0 Å². The van der Waals surface area contributed by atoms with E-state index in [2.05, 4.69) is 47.0 Å². The van der Waals surface area contributed by atoms with E-state index in [1.54, 1.807) is 24.3 Å². The first kappa shape index (κ1) is 69.7. The molecule has 0 radical (unpaired) electrons. The van der Waals surface area contributed by atoms with Crippen molar-refractivity contribution in [2.75, 3.05) is 0 Å². The first-order chi connectivity index (χ1) is 57.3. The molecule has 0 amide bonds. The molecule has 0 saturated heterocycles. The number of alkyl halides is 6. The Bertz CT molecular complexity index is 7500. The number of benzene rings is 15. The molecule has 15 heteroatoms. The highest BCUT2D eigenvalue weighted by molar-refractivity contribution is 6.24. The Kier molecular flexibility index (Phi) is 16.6.